The monoisotopic (exact) mass is 908 g/mol. The number of carbonyl (C=O) groups excluding carboxylic acids is 2. The third-order valence-corrected chi connectivity index (χ3v) is 7.99. The van der Waals surface area contributed by atoms with Gasteiger partial charge in [-0.05, 0) is 98.1 Å². The lowest BCUT2D eigenvalue weighted by atomic mass is 10.2. The summed E-state index contributed by atoms with van der Waals surface area (Å²) in [5.74, 6) is -13.4. The van der Waals surface area contributed by atoms with Crippen LogP contribution >= 0.6 is 67.8 Å². The number of esters is 2. The molecule has 17 heteroatoms. The Kier molecular flexibility index (Phi) is 10.3. The molecule has 0 aliphatic heterocycles. The number of carbonyl (C=O) groups is 2. The number of benzene rings is 3. The average Bonchev–Trinajstić information content (AvgIpc) is 2.85. The van der Waals surface area contributed by atoms with Crippen LogP contribution in [0.3, 0.4) is 0 Å². The molecule has 0 saturated heterocycles. The van der Waals surface area contributed by atoms with Crippen molar-refractivity contribution in [3.63, 3.8) is 0 Å². The van der Waals surface area contributed by atoms with Crippen molar-refractivity contribution in [3.8, 4) is 17.2 Å². The van der Waals surface area contributed by atoms with Crippen LogP contribution in [0.5, 0.6) is 17.2 Å². The van der Waals surface area contributed by atoms with Crippen LogP contribution in [0.25, 0.3) is 0 Å². The fourth-order valence-electron chi connectivity index (χ4n) is 2.86. The first-order chi connectivity index (χ1) is 18.1. The molecule has 0 unspecified atom stereocenters. The summed E-state index contributed by atoms with van der Waals surface area (Å²) in [6, 6.07) is 6.41. The average molecular weight is 908 g/mol. The van der Waals surface area contributed by atoms with Crippen LogP contribution < -0.4 is 9.47 Å². The van der Waals surface area contributed by atoms with Crippen molar-refractivity contribution in [1.82, 2.24) is 0 Å². The van der Waals surface area contributed by atoms with Gasteiger partial charge in [0.2, 0.25) is 17.4 Å². The van der Waals surface area contributed by atoms with Gasteiger partial charge in [0.05, 0.1) is 21.8 Å². The summed E-state index contributed by atoms with van der Waals surface area (Å²) in [5.41, 5.74) is -0.104. The van der Waals surface area contributed by atoms with E-state index in [-0.39, 0.29) is 39.4 Å². The van der Waals surface area contributed by atoms with Crippen LogP contribution in [0, 0.1) is 34.0 Å². The van der Waals surface area contributed by atoms with Gasteiger partial charge in [-0.1, -0.05) is 0 Å². The number of phenolic OH excluding ortho intramolecular Hbond substituents is 1. The van der Waals surface area contributed by atoms with Crippen molar-refractivity contribution < 1.29 is 59.4 Å². The fraction of sp³-hybridized carbons (Fsp3) is 0.0909. The smallest absolute Gasteiger partial charge is 0.343 e. The zero-order chi connectivity index (χ0) is 29.2. The second-order valence-corrected chi connectivity index (χ2v) is 12.0. The van der Waals surface area contributed by atoms with Crippen LogP contribution in [0.4, 0.5) is 17.6 Å². The van der Waals surface area contributed by atoms with E-state index >= 15 is 0 Å². The van der Waals surface area contributed by atoms with Gasteiger partial charge in [-0.2, -0.15) is 17.2 Å². The lowest BCUT2D eigenvalue weighted by Crippen LogP contribution is -2.16. The molecule has 2 N–H and O–H groups in total. The maximum Gasteiger partial charge on any atom is 0.343 e. The van der Waals surface area contributed by atoms with Crippen molar-refractivity contribution in [3.05, 3.63) is 75.4 Å². The number of aromatic hydroxyl groups is 1. The van der Waals surface area contributed by atoms with E-state index < -0.39 is 56.0 Å². The standard InChI is InChI=1S/C22H11F4I3O9S/c23-14-16(25)20(39(33,34)35)17(26)15(24)19(14)38-22(32)8-1-2-13(10(27)5-8)36-3-4-37-21(31)9-6-11(28)18(30)12(29)7-9/h1-2,5-7,30H,3-4H2,(H,33,34,35). The molecule has 0 amide bonds. The molecule has 0 saturated carbocycles. The number of rotatable bonds is 8. The van der Waals surface area contributed by atoms with Crippen molar-refractivity contribution in [2.24, 2.45) is 0 Å². The molecule has 3 rings (SSSR count). The lowest BCUT2D eigenvalue weighted by Gasteiger charge is -2.12. The Morgan fingerprint density at radius 3 is 1.85 bits per heavy atom. The Hall–Kier alpha value is -1.98. The van der Waals surface area contributed by atoms with Gasteiger partial charge in [0.1, 0.15) is 24.7 Å². The summed E-state index contributed by atoms with van der Waals surface area (Å²) >= 11 is 5.48. The highest BCUT2D eigenvalue weighted by Crippen LogP contribution is 2.33. The second-order valence-electron chi connectivity index (χ2n) is 7.20. The SMILES string of the molecule is O=C(OCCOc1ccc(C(=O)Oc2c(F)c(F)c(S(=O)(=O)O)c(F)c2F)cc1I)c1cc(I)c(O)c(I)c1. The minimum atomic E-state index is -5.67. The van der Waals surface area contributed by atoms with Crippen molar-refractivity contribution >= 4 is 89.8 Å². The molecule has 208 valence electrons. The van der Waals surface area contributed by atoms with E-state index in [9.17, 15) is 40.7 Å². The molecule has 0 heterocycles. The van der Waals surface area contributed by atoms with Crippen LogP contribution in [0.1, 0.15) is 20.7 Å². The zero-order valence-electron chi connectivity index (χ0n) is 18.6. The van der Waals surface area contributed by atoms with E-state index in [1.165, 1.54) is 18.2 Å². The molecule has 3 aromatic rings. The summed E-state index contributed by atoms with van der Waals surface area (Å²) in [7, 11) is -5.67. The molecule has 0 atom stereocenters. The quantitative estimate of drug-likeness (QED) is 0.0575. The van der Waals surface area contributed by atoms with Gasteiger partial charge < -0.3 is 19.3 Å². The van der Waals surface area contributed by atoms with Crippen molar-refractivity contribution in [2.75, 3.05) is 13.2 Å². The summed E-state index contributed by atoms with van der Waals surface area (Å²) in [5, 5.41) is 9.78. The van der Waals surface area contributed by atoms with Gasteiger partial charge in [-0.25, -0.2) is 18.4 Å². The van der Waals surface area contributed by atoms with Crippen LogP contribution in [-0.4, -0.2) is 43.2 Å². The Morgan fingerprint density at radius 1 is 0.795 bits per heavy atom. The first-order valence-corrected chi connectivity index (χ1v) is 14.6. The molecule has 0 spiro atoms. The molecule has 0 fully saturated rings. The molecule has 3 aromatic carbocycles. The highest BCUT2D eigenvalue weighted by Gasteiger charge is 2.34. The summed E-state index contributed by atoms with van der Waals surface area (Å²) < 4.78 is 103. The molecule has 0 aliphatic carbocycles. The first kappa shape index (κ1) is 31.5. The van der Waals surface area contributed by atoms with Gasteiger partial charge in [-0.3, -0.25) is 4.55 Å². The van der Waals surface area contributed by atoms with Crippen LogP contribution in [0.15, 0.2) is 35.2 Å². The summed E-state index contributed by atoms with van der Waals surface area (Å²) in [4.78, 5) is 22.3. The Balaban J connectivity index is 1.66. The van der Waals surface area contributed by atoms with E-state index in [0.29, 0.717) is 7.14 Å². The van der Waals surface area contributed by atoms with Gasteiger partial charge >= 0.3 is 22.1 Å². The largest absolute Gasteiger partial charge is 0.506 e. The van der Waals surface area contributed by atoms with Gasteiger partial charge in [0, 0.05) is 0 Å². The molecule has 0 aromatic heterocycles. The second kappa shape index (κ2) is 12.7. The molecular formula is C22H11F4I3O9S. The van der Waals surface area contributed by atoms with Crippen molar-refractivity contribution in [1.29, 1.82) is 0 Å². The maximum absolute atomic E-state index is 14.1. The van der Waals surface area contributed by atoms with Crippen LogP contribution in [0.2, 0.25) is 0 Å². The summed E-state index contributed by atoms with van der Waals surface area (Å²) in [6.45, 7) is -0.269. The topological polar surface area (TPSA) is 136 Å². The molecular weight excluding hydrogens is 897 g/mol. The summed E-state index contributed by atoms with van der Waals surface area (Å²) in [6.07, 6.45) is 0. The maximum atomic E-state index is 14.1. The predicted octanol–water partition coefficient (Wildman–Crippen LogP) is 5.46. The minimum Gasteiger partial charge on any atom is -0.506 e. The number of ether oxygens (including phenoxy) is 3. The molecule has 0 radical (unpaired) electrons. The van der Waals surface area contributed by atoms with Crippen LogP contribution in [-0.2, 0) is 14.9 Å². The Morgan fingerprint density at radius 2 is 1.33 bits per heavy atom. The molecule has 0 aliphatic rings. The number of halogens is 7. The first-order valence-electron chi connectivity index (χ1n) is 9.96. The molecule has 39 heavy (non-hydrogen) atoms. The van der Waals surface area contributed by atoms with E-state index in [1.54, 1.807) is 22.6 Å². The fourth-order valence-corrected chi connectivity index (χ4v) is 5.93. The third-order valence-electron chi connectivity index (χ3n) is 4.63. The number of phenols is 1. The zero-order valence-corrected chi connectivity index (χ0v) is 25.9. The third kappa shape index (κ3) is 7.21. The molecule has 9 nitrogen and oxygen atoms in total. The highest BCUT2D eigenvalue weighted by molar-refractivity contribution is 14.1. The van der Waals surface area contributed by atoms with Gasteiger partial charge in [0.25, 0.3) is 0 Å². The van der Waals surface area contributed by atoms with Gasteiger partial charge in [-0.15, -0.1) is 0 Å². The number of hydrogen-bond acceptors (Lipinski definition) is 8. The predicted molar refractivity (Wildman–Crippen MR) is 150 cm³/mol. The van der Waals surface area contributed by atoms with E-state index in [2.05, 4.69) is 4.74 Å². The van der Waals surface area contributed by atoms with E-state index in [1.807, 2.05) is 45.2 Å². The lowest BCUT2D eigenvalue weighted by molar-refractivity contribution is 0.0449. The Bertz CT molecular complexity index is 1550. The highest BCUT2D eigenvalue weighted by atomic mass is 127. The normalized spacial score (nSPS) is 11.3. The van der Waals surface area contributed by atoms with Crippen molar-refractivity contribution in [2.45, 2.75) is 4.90 Å². The Labute approximate surface area is 258 Å². The van der Waals surface area contributed by atoms with E-state index in [0.717, 1.165) is 12.1 Å². The minimum absolute atomic E-state index is 0.0441. The van der Waals surface area contributed by atoms with E-state index in [4.69, 9.17) is 14.0 Å². The molecule has 0 bridgehead atoms. The number of hydrogen-bond donors (Lipinski definition) is 2. The van der Waals surface area contributed by atoms with Gasteiger partial charge in [0.15, 0.2) is 16.5 Å².